The lowest BCUT2D eigenvalue weighted by atomic mass is 9.98. The fourth-order valence-electron chi connectivity index (χ4n) is 4.64. The molecule has 32 heavy (non-hydrogen) atoms. The van der Waals surface area contributed by atoms with Crippen molar-refractivity contribution < 1.29 is 9.53 Å². The summed E-state index contributed by atoms with van der Waals surface area (Å²) in [6.07, 6.45) is 8.68. The van der Waals surface area contributed by atoms with Crippen LogP contribution in [-0.4, -0.2) is 45.8 Å². The van der Waals surface area contributed by atoms with Gasteiger partial charge >= 0.3 is 5.97 Å². The minimum absolute atomic E-state index is 0.0909. The molecule has 9 heteroatoms. The summed E-state index contributed by atoms with van der Waals surface area (Å²) in [6.45, 7) is 3.82. The average Bonchev–Trinajstić information content (AvgIpc) is 3.51. The van der Waals surface area contributed by atoms with Gasteiger partial charge in [0.05, 0.1) is 35.4 Å². The fourth-order valence-corrected chi connectivity index (χ4v) is 5.55. The molecule has 168 valence electrons. The van der Waals surface area contributed by atoms with Crippen LogP contribution in [0.25, 0.3) is 11.0 Å². The third-order valence-corrected chi connectivity index (χ3v) is 7.31. The topological polar surface area (TPSA) is 93.1 Å². The van der Waals surface area contributed by atoms with Gasteiger partial charge in [-0.1, -0.05) is 24.2 Å². The van der Waals surface area contributed by atoms with E-state index in [1.165, 1.54) is 25.7 Å². The Morgan fingerprint density at radius 3 is 2.91 bits per heavy atom. The van der Waals surface area contributed by atoms with Gasteiger partial charge in [0.2, 0.25) is 5.13 Å². The van der Waals surface area contributed by atoms with Crippen LogP contribution >= 0.6 is 11.3 Å². The largest absolute Gasteiger partial charge is 0.466 e. The number of aromatic nitrogens is 4. The Morgan fingerprint density at radius 1 is 1.19 bits per heavy atom. The van der Waals surface area contributed by atoms with Crippen molar-refractivity contribution in [1.82, 2.24) is 20.2 Å². The zero-order valence-electron chi connectivity index (χ0n) is 18.3. The van der Waals surface area contributed by atoms with Crippen molar-refractivity contribution in [2.24, 2.45) is 5.92 Å². The van der Waals surface area contributed by atoms with Crippen LogP contribution in [-0.2, 0) is 9.53 Å². The summed E-state index contributed by atoms with van der Waals surface area (Å²) in [5.74, 6) is 1.09. The molecule has 3 aromatic heterocycles. The van der Waals surface area contributed by atoms with Crippen LogP contribution in [0.15, 0.2) is 24.4 Å². The molecule has 1 atom stereocenters. The molecule has 1 unspecified atom stereocenters. The molecule has 0 bridgehead atoms. The maximum Gasteiger partial charge on any atom is 0.310 e. The first-order valence-corrected chi connectivity index (χ1v) is 12.3. The van der Waals surface area contributed by atoms with Crippen molar-refractivity contribution in [2.45, 2.75) is 51.4 Å². The molecule has 1 saturated carbocycles. The molecule has 1 saturated heterocycles. The van der Waals surface area contributed by atoms with Gasteiger partial charge in [-0.2, -0.15) is 0 Å². The summed E-state index contributed by atoms with van der Waals surface area (Å²) in [7, 11) is 0. The second-order valence-electron chi connectivity index (χ2n) is 8.52. The fraction of sp³-hybridized carbons (Fsp3) is 0.522. The minimum Gasteiger partial charge on any atom is -0.466 e. The van der Waals surface area contributed by atoms with Crippen molar-refractivity contribution in [2.75, 3.05) is 29.9 Å². The van der Waals surface area contributed by atoms with E-state index < -0.39 is 0 Å². The Balaban J connectivity index is 1.32. The number of carbonyl (C=O) groups is 1. The molecular formula is C23H28N6O2S. The molecule has 2 aliphatic rings. The number of hydrogen-bond donors (Lipinski definition) is 1. The van der Waals surface area contributed by atoms with Gasteiger partial charge in [-0.05, 0) is 50.8 Å². The van der Waals surface area contributed by atoms with Gasteiger partial charge in [0.25, 0.3) is 0 Å². The molecule has 1 aliphatic heterocycles. The van der Waals surface area contributed by atoms with E-state index in [0.29, 0.717) is 19.1 Å². The zero-order chi connectivity index (χ0) is 21.9. The van der Waals surface area contributed by atoms with Crippen molar-refractivity contribution in [3.8, 4) is 0 Å². The maximum atomic E-state index is 12.2. The number of rotatable bonds is 6. The van der Waals surface area contributed by atoms with Gasteiger partial charge in [0.1, 0.15) is 10.8 Å². The number of hydrogen-bond acceptors (Lipinski definition) is 9. The Hall–Kier alpha value is -2.81. The Kier molecular flexibility index (Phi) is 6.16. The second kappa shape index (κ2) is 9.36. The van der Waals surface area contributed by atoms with E-state index in [0.717, 1.165) is 52.1 Å². The van der Waals surface area contributed by atoms with Crippen LogP contribution in [0, 0.1) is 5.92 Å². The van der Waals surface area contributed by atoms with Gasteiger partial charge in [-0.15, -0.1) is 10.2 Å². The highest BCUT2D eigenvalue weighted by atomic mass is 32.1. The molecule has 8 nitrogen and oxygen atoms in total. The highest BCUT2D eigenvalue weighted by Crippen LogP contribution is 2.37. The predicted molar refractivity (Wildman–Crippen MR) is 126 cm³/mol. The summed E-state index contributed by atoms with van der Waals surface area (Å²) < 4.78 is 5.23. The van der Waals surface area contributed by atoms with Gasteiger partial charge in [0.15, 0.2) is 0 Å². The molecule has 0 spiro atoms. The van der Waals surface area contributed by atoms with Crippen LogP contribution in [0.5, 0.6) is 0 Å². The third-order valence-electron chi connectivity index (χ3n) is 6.31. The molecule has 0 amide bonds. The summed E-state index contributed by atoms with van der Waals surface area (Å²) in [5.41, 5.74) is 2.63. The normalized spacial score (nSPS) is 19.4. The molecule has 5 rings (SSSR count). The standard InChI is InChI=1S/C23H28N6O2S/c1-2-31-22(30)16-8-5-11-29(14-16)17-12-19-18(24-13-17)9-10-20(25-19)26-23-28-27-21(32-23)15-6-3-4-7-15/h9-10,12-13,15-16H,2-8,11,14H2,1H3,(H,25,26,28). The van der Waals surface area contributed by atoms with E-state index in [9.17, 15) is 4.79 Å². The monoisotopic (exact) mass is 452 g/mol. The predicted octanol–water partition coefficient (Wildman–Crippen LogP) is 4.66. The SMILES string of the molecule is CCOC(=O)C1CCCN(c2cnc3ccc(Nc4nnc(C5CCCC5)s4)nc3c2)C1. The van der Waals surface area contributed by atoms with E-state index >= 15 is 0 Å². The lowest BCUT2D eigenvalue weighted by Crippen LogP contribution is -2.39. The number of anilines is 3. The molecule has 4 heterocycles. The van der Waals surface area contributed by atoms with E-state index in [-0.39, 0.29) is 11.9 Å². The highest BCUT2D eigenvalue weighted by Gasteiger charge is 2.27. The van der Waals surface area contributed by atoms with Crippen LogP contribution in [0.4, 0.5) is 16.6 Å². The second-order valence-corrected chi connectivity index (χ2v) is 9.53. The number of fused-ring (bicyclic) bond motifs is 1. The third kappa shape index (κ3) is 4.53. The quantitative estimate of drug-likeness (QED) is 0.540. The summed E-state index contributed by atoms with van der Waals surface area (Å²) in [5, 5.41) is 13.9. The van der Waals surface area contributed by atoms with E-state index in [2.05, 4.69) is 25.4 Å². The number of nitrogens with zero attached hydrogens (tertiary/aromatic N) is 5. The van der Waals surface area contributed by atoms with E-state index in [4.69, 9.17) is 9.72 Å². The molecule has 1 aliphatic carbocycles. The van der Waals surface area contributed by atoms with E-state index in [1.54, 1.807) is 11.3 Å². The first kappa shape index (κ1) is 21.1. The smallest absolute Gasteiger partial charge is 0.310 e. The van der Waals surface area contributed by atoms with Crippen LogP contribution in [0.2, 0.25) is 0 Å². The Bertz CT molecular complexity index is 1100. The van der Waals surface area contributed by atoms with Crippen LogP contribution < -0.4 is 10.2 Å². The molecule has 3 aromatic rings. The van der Waals surface area contributed by atoms with Crippen molar-refractivity contribution in [3.05, 3.63) is 29.4 Å². The number of ether oxygens (including phenoxy) is 1. The lowest BCUT2D eigenvalue weighted by molar-refractivity contribution is -0.148. The Labute approximate surface area is 191 Å². The van der Waals surface area contributed by atoms with Gasteiger partial charge in [0, 0.05) is 19.0 Å². The lowest BCUT2D eigenvalue weighted by Gasteiger charge is -2.33. The van der Waals surface area contributed by atoms with Crippen molar-refractivity contribution in [3.63, 3.8) is 0 Å². The number of esters is 1. The first-order valence-electron chi connectivity index (χ1n) is 11.5. The van der Waals surface area contributed by atoms with Gasteiger partial charge < -0.3 is 15.0 Å². The molecule has 0 aromatic carbocycles. The summed E-state index contributed by atoms with van der Waals surface area (Å²) in [4.78, 5) is 23.8. The highest BCUT2D eigenvalue weighted by molar-refractivity contribution is 7.15. The summed E-state index contributed by atoms with van der Waals surface area (Å²) >= 11 is 1.62. The van der Waals surface area contributed by atoms with Crippen LogP contribution in [0.1, 0.15) is 56.4 Å². The van der Waals surface area contributed by atoms with Gasteiger partial charge in [-0.3, -0.25) is 9.78 Å². The van der Waals surface area contributed by atoms with E-state index in [1.807, 2.05) is 31.3 Å². The molecule has 1 N–H and O–H groups in total. The van der Waals surface area contributed by atoms with Crippen molar-refractivity contribution >= 4 is 45.0 Å². The minimum atomic E-state index is -0.107. The number of piperidine rings is 1. The van der Waals surface area contributed by atoms with Gasteiger partial charge in [-0.25, -0.2) is 4.98 Å². The molecule has 0 radical (unpaired) electrons. The Morgan fingerprint density at radius 2 is 2.06 bits per heavy atom. The zero-order valence-corrected chi connectivity index (χ0v) is 19.1. The summed E-state index contributed by atoms with van der Waals surface area (Å²) in [6, 6.07) is 5.93. The maximum absolute atomic E-state index is 12.2. The molecule has 2 fully saturated rings. The first-order chi connectivity index (χ1) is 15.7. The average molecular weight is 453 g/mol. The van der Waals surface area contributed by atoms with Crippen LogP contribution in [0.3, 0.4) is 0 Å². The number of pyridine rings is 2. The molecular weight excluding hydrogens is 424 g/mol. The van der Waals surface area contributed by atoms with Crippen molar-refractivity contribution in [1.29, 1.82) is 0 Å². The number of nitrogens with one attached hydrogen (secondary N) is 1. The number of carbonyl (C=O) groups excluding carboxylic acids is 1.